The van der Waals surface area contributed by atoms with Gasteiger partial charge in [-0.15, -0.1) is 12.4 Å². The standard InChI is InChI=1S/C8H8FNO4.ClH/c9-4-10-2-5(7(11)12)1-6(3-10)8(13)14;/h2-3H,1,4H2,(H,11,12)(H,13,14);1H. The van der Waals surface area contributed by atoms with Crippen molar-refractivity contribution in [1.29, 1.82) is 0 Å². The third-order valence-electron chi connectivity index (χ3n) is 1.71. The molecule has 0 aromatic carbocycles. The van der Waals surface area contributed by atoms with E-state index in [2.05, 4.69) is 0 Å². The molecule has 0 amide bonds. The molecule has 1 aliphatic heterocycles. The highest BCUT2D eigenvalue weighted by Gasteiger charge is 2.20. The topological polar surface area (TPSA) is 77.8 Å². The monoisotopic (exact) mass is 237 g/mol. The van der Waals surface area contributed by atoms with Gasteiger partial charge < -0.3 is 15.1 Å². The molecule has 1 rings (SSSR count). The minimum atomic E-state index is -1.24. The maximum atomic E-state index is 12.2. The van der Waals surface area contributed by atoms with E-state index in [0.29, 0.717) is 0 Å². The molecular formula is C8H9ClFNO4. The number of alkyl halides is 1. The Kier molecular flexibility index (Phi) is 4.80. The molecule has 0 saturated heterocycles. The molecule has 0 unspecified atom stereocenters. The third kappa shape index (κ3) is 3.25. The quantitative estimate of drug-likeness (QED) is 0.716. The van der Waals surface area contributed by atoms with Crippen LogP contribution in [0.25, 0.3) is 0 Å². The summed E-state index contributed by atoms with van der Waals surface area (Å²) in [6, 6.07) is 0. The molecule has 5 nitrogen and oxygen atoms in total. The van der Waals surface area contributed by atoms with E-state index in [-0.39, 0.29) is 30.0 Å². The minimum absolute atomic E-state index is 0. The van der Waals surface area contributed by atoms with Crippen molar-refractivity contribution >= 4 is 24.3 Å². The molecule has 84 valence electrons. The fourth-order valence-corrected chi connectivity index (χ4v) is 1.06. The zero-order chi connectivity index (χ0) is 10.7. The number of rotatable bonds is 3. The van der Waals surface area contributed by atoms with Crippen molar-refractivity contribution in [2.45, 2.75) is 6.42 Å². The van der Waals surface area contributed by atoms with E-state index in [4.69, 9.17) is 10.2 Å². The van der Waals surface area contributed by atoms with Crippen molar-refractivity contribution in [2.24, 2.45) is 0 Å². The number of halogens is 2. The van der Waals surface area contributed by atoms with E-state index in [0.717, 1.165) is 17.3 Å². The van der Waals surface area contributed by atoms with Crippen LogP contribution in [0, 0.1) is 0 Å². The molecular weight excluding hydrogens is 229 g/mol. The zero-order valence-corrected chi connectivity index (χ0v) is 8.33. The van der Waals surface area contributed by atoms with Gasteiger partial charge in [0.05, 0.1) is 11.1 Å². The zero-order valence-electron chi connectivity index (χ0n) is 7.51. The van der Waals surface area contributed by atoms with Gasteiger partial charge in [0.25, 0.3) is 0 Å². The number of hydrogen-bond donors (Lipinski definition) is 2. The second kappa shape index (κ2) is 5.35. The highest BCUT2D eigenvalue weighted by Crippen LogP contribution is 2.19. The molecule has 1 heterocycles. The Morgan fingerprint density at radius 1 is 1.27 bits per heavy atom. The first-order chi connectivity index (χ1) is 6.54. The number of nitrogens with zero attached hydrogens (tertiary/aromatic N) is 1. The van der Waals surface area contributed by atoms with Crippen LogP contribution in [-0.4, -0.2) is 33.9 Å². The van der Waals surface area contributed by atoms with Gasteiger partial charge in [0, 0.05) is 18.8 Å². The van der Waals surface area contributed by atoms with Crippen LogP contribution in [0.5, 0.6) is 0 Å². The number of aliphatic carboxylic acids is 2. The summed E-state index contributed by atoms with van der Waals surface area (Å²) < 4.78 is 12.2. The van der Waals surface area contributed by atoms with E-state index >= 15 is 0 Å². The summed E-state index contributed by atoms with van der Waals surface area (Å²) in [5.74, 6) is -2.48. The van der Waals surface area contributed by atoms with Gasteiger partial charge in [0.1, 0.15) is 0 Å². The molecule has 7 heteroatoms. The molecule has 0 radical (unpaired) electrons. The van der Waals surface area contributed by atoms with Gasteiger partial charge >= 0.3 is 11.9 Å². The van der Waals surface area contributed by atoms with Gasteiger partial charge in [-0.1, -0.05) is 0 Å². The van der Waals surface area contributed by atoms with E-state index in [9.17, 15) is 14.0 Å². The largest absolute Gasteiger partial charge is 0.478 e. The van der Waals surface area contributed by atoms with Crippen molar-refractivity contribution in [3.63, 3.8) is 0 Å². The van der Waals surface area contributed by atoms with Crippen LogP contribution >= 0.6 is 12.4 Å². The second-order valence-electron chi connectivity index (χ2n) is 2.73. The summed E-state index contributed by atoms with van der Waals surface area (Å²) in [5, 5.41) is 17.2. The molecule has 0 bridgehead atoms. The lowest BCUT2D eigenvalue weighted by Crippen LogP contribution is -2.20. The highest BCUT2D eigenvalue weighted by atomic mass is 35.5. The highest BCUT2D eigenvalue weighted by molar-refractivity contribution is 5.93. The van der Waals surface area contributed by atoms with Crippen molar-refractivity contribution in [3.8, 4) is 0 Å². The first-order valence-corrected chi connectivity index (χ1v) is 3.74. The fraction of sp³-hybridized carbons (Fsp3) is 0.250. The maximum Gasteiger partial charge on any atom is 0.333 e. The number of carbonyl (C=O) groups is 2. The lowest BCUT2D eigenvalue weighted by atomic mass is 10.0. The second-order valence-corrected chi connectivity index (χ2v) is 2.73. The van der Waals surface area contributed by atoms with Crippen LogP contribution in [0.3, 0.4) is 0 Å². The Labute approximate surface area is 90.9 Å². The van der Waals surface area contributed by atoms with E-state index in [1.165, 1.54) is 0 Å². The van der Waals surface area contributed by atoms with Gasteiger partial charge in [-0.2, -0.15) is 0 Å². The van der Waals surface area contributed by atoms with Crippen molar-refractivity contribution in [3.05, 3.63) is 23.5 Å². The average molecular weight is 238 g/mol. The number of carboxylic acid groups (broad SMARTS) is 2. The lowest BCUT2D eigenvalue weighted by Gasteiger charge is -2.18. The Bertz CT molecular complexity index is 310. The predicted octanol–water partition coefficient (Wildman–Crippen LogP) is 0.978. The van der Waals surface area contributed by atoms with Crippen LogP contribution < -0.4 is 0 Å². The van der Waals surface area contributed by atoms with E-state index in [1.54, 1.807) is 0 Å². The molecule has 0 spiro atoms. The smallest absolute Gasteiger partial charge is 0.333 e. The fourth-order valence-electron chi connectivity index (χ4n) is 1.06. The average Bonchev–Trinajstić information content (AvgIpc) is 2.16. The molecule has 0 atom stereocenters. The van der Waals surface area contributed by atoms with Crippen LogP contribution in [0.2, 0.25) is 0 Å². The first kappa shape index (κ1) is 13.4. The molecule has 0 aromatic rings. The van der Waals surface area contributed by atoms with Gasteiger partial charge in [0.2, 0.25) is 0 Å². The molecule has 1 aliphatic rings. The Morgan fingerprint density at radius 3 is 1.93 bits per heavy atom. The molecule has 0 aromatic heterocycles. The maximum absolute atomic E-state index is 12.2. The predicted molar refractivity (Wildman–Crippen MR) is 51.1 cm³/mol. The summed E-state index contributed by atoms with van der Waals surface area (Å²) in [5.41, 5.74) is -0.273. The normalized spacial score (nSPS) is 14.9. The molecule has 2 N–H and O–H groups in total. The SMILES string of the molecule is Cl.O=C(O)C1=CN(CF)C=C(C(=O)O)C1. The van der Waals surface area contributed by atoms with Crippen molar-refractivity contribution in [1.82, 2.24) is 4.90 Å². The summed E-state index contributed by atoms with van der Waals surface area (Å²) in [4.78, 5) is 22.0. The molecule has 0 saturated carbocycles. The van der Waals surface area contributed by atoms with Gasteiger partial charge in [-0.05, 0) is 0 Å². The molecule has 0 fully saturated rings. The van der Waals surface area contributed by atoms with Crippen LogP contribution in [0.15, 0.2) is 23.5 Å². The Hall–Kier alpha value is -1.56. The molecule has 15 heavy (non-hydrogen) atoms. The summed E-state index contributed by atoms with van der Waals surface area (Å²) in [7, 11) is 0. The van der Waals surface area contributed by atoms with Crippen LogP contribution in [-0.2, 0) is 9.59 Å². The van der Waals surface area contributed by atoms with Crippen LogP contribution in [0.4, 0.5) is 4.39 Å². The van der Waals surface area contributed by atoms with Crippen molar-refractivity contribution < 1.29 is 24.2 Å². The van der Waals surface area contributed by atoms with Gasteiger partial charge in [-0.3, -0.25) is 0 Å². The number of carboxylic acids is 2. The van der Waals surface area contributed by atoms with Crippen molar-refractivity contribution in [2.75, 3.05) is 6.80 Å². The summed E-state index contributed by atoms with van der Waals surface area (Å²) >= 11 is 0. The summed E-state index contributed by atoms with van der Waals surface area (Å²) in [6.45, 7) is -0.951. The first-order valence-electron chi connectivity index (χ1n) is 3.74. The van der Waals surface area contributed by atoms with Crippen LogP contribution in [0.1, 0.15) is 6.42 Å². The third-order valence-corrected chi connectivity index (χ3v) is 1.71. The van der Waals surface area contributed by atoms with Gasteiger partial charge in [0.15, 0.2) is 6.80 Å². The number of hydrogen-bond acceptors (Lipinski definition) is 3. The Morgan fingerprint density at radius 2 is 1.67 bits per heavy atom. The van der Waals surface area contributed by atoms with E-state index in [1.807, 2.05) is 0 Å². The van der Waals surface area contributed by atoms with Gasteiger partial charge in [-0.25, -0.2) is 14.0 Å². The summed E-state index contributed by atoms with van der Waals surface area (Å²) in [6.07, 6.45) is 1.96. The lowest BCUT2D eigenvalue weighted by molar-refractivity contribution is -0.133. The van der Waals surface area contributed by atoms with E-state index < -0.39 is 18.7 Å². The minimum Gasteiger partial charge on any atom is -0.478 e. The molecule has 0 aliphatic carbocycles. The Balaban J connectivity index is 0.00000196.